The van der Waals surface area contributed by atoms with E-state index in [0.29, 0.717) is 11.3 Å². The van der Waals surface area contributed by atoms with E-state index in [4.69, 9.17) is 17.3 Å². The number of anilines is 1. The molecule has 0 aliphatic carbocycles. The highest BCUT2D eigenvalue weighted by Gasteiger charge is 2.25. The van der Waals surface area contributed by atoms with Crippen molar-refractivity contribution in [2.45, 2.75) is 6.17 Å². The summed E-state index contributed by atoms with van der Waals surface area (Å²) in [5, 5.41) is 4.60. The Kier molecular flexibility index (Phi) is 3.40. The number of hydrazine groups is 1. The second kappa shape index (κ2) is 4.83. The summed E-state index contributed by atoms with van der Waals surface area (Å²) in [4.78, 5) is 11.2. The molecular weight excluding hydrogens is 259 g/mol. The number of benzene rings is 1. The van der Waals surface area contributed by atoms with Gasteiger partial charge in [-0.3, -0.25) is 4.79 Å². The lowest BCUT2D eigenvalue weighted by Crippen LogP contribution is -2.41. The summed E-state index contributed by atoms with van der Waals surface area (Å²) in [6.07, 6.45) is 1.08. The zero-order valence-electron chi connectivity index (χ0n) is 9.58. The summed E-state index contributed by atoms with van der Waals surface area (Å²) in [7, 11) is 1.73. The molecule has 1 aliphatic heterocycles. The van der Waals surface area contributed by atoms with Crippen molar-refractivity contribution < 1.29 is 9.18 Å². The van der Waals surface area contributed by atoms with Gasteiger partial charge in [-0.2, -0.15) is 0 Å². The van der Waals surface area contributed by atoms with Gasteiger partial charge in [-0.05, 0) is 18.2 Å². The molecule has 7 heteroatoms. The van der Waals surface area contributed by atoms with Crippen molar-refractivity contribution in [3.05, 3.63) is 40.8 Å². The third-order valence-electron chi connectivity index (χ3n) is 2.49. The van der Waals surface area contributed by atoms with Gasteiger partial charge < -0.3 is 16.1 Å². The minimum atomic E-state index is -0.543. The van der Waals surface area contributed by atoms with Crippen LogP contribution in [0.4, 0.5) is 10.1 Å². The molecule has 4 N–H and O–H groups in total. The lowest BCUT2D eigenvalue weighted by molar-refractivity contribution is -0.114. The van der Waals surface area contributed by atoms with E-state index in [1.165, 1.54) is 12.1 Å². The molecule has 1 atom stereocenters. The minimum absolute atomic E-state index is 0.0442. The number of nitrogens with two attached hydrogens (primary N) is 1. The molecule has 0 radical (unpaired) electrons. The van der Waals surface area contributed by atoms with Gasteiger partial charge in [0.05, 0.1) is 10.6 Å². The van der Waals surface area contributed by atoms with Gasteiger partial charge in [-0.1, -0.05) is 11.6 Å². The molecule has 0 spiro atoms. The minimum Gasteiger partial charge on any atom is -0.366 e. The highest BCUT2D eigenvalue weighted by Crippen LogP contribution is 2.21. The van der Waals surface area contributed by atoms with Crippen molar-refractivity contribution in [1.82, 2.24) is 10.4 Å². The second-order valence-electron chi connectivity index (χ2n) is 3.89. The van der Waals surface area contributed by atoms with E-state index < -0.39 is 17.9 Å². The van der Waals surface area contributed by atoms with E-state index in [0.717, 1.165) is 0 Å². The van der Waals surface area contributed by atoms with Crippen molar-refractivity contribution in [3.63, 3.8) is 0 Å². The van der Waals surface area contributed by atoms with Crippen molar-refractivity contribution in [1.29, 1.82) is 0 Å². The molecule has 0 fully saturated rings. The highest BCUT2D eigenvalue weighted by atomic mass is 35.5. The molecule has 0 aromatic heterocycles. The normalized spacial score (nSPS) is 18.7. The molecule has 1 aromatic rings. The van der Waals surface area contributed by atoms with E-state index in [1.54, 1.807) is 24.3 Å². The molecule has 1 amide bonds. The Hall–Kier alpha value is -1.79. The number of halogens is 2. The molecule has 2 rings (SSSR count). The number of carbonyl (C=O) groups excluding carboxylic acids is 1. The largest absolute Gasteiger partial charge is 0.366 e. The number of amides is 1. The lowest BCUT2D eigenvalue weighted by Gasteiger charge is -2.19. The predicted octanol–water partition coefficient (Wildman–Crippen LogP) is 1.04. The molecule has 1 aliphatic rings. The van der Waals surface area contributed by atoms with E-state index in [9.17, 15) is 9.18 Å². The summed E-state index contributed by atoms with van der Waals surface area (Å²) in [6.45, 7) is 0. The molecule has 0 saturated heterocycles. The van der Waals surface area contributed by atoms with Crippen LogP contribution in [-0.4, -0.2) is 24.1 Å². The predicted molar refractivity (Wildman–Crippen MR) is 67.0 cm³/mol. The average molecular weight is 271 g/mol. The highest BCUT2D eigenvalue weighted by molar-refractivity contribution is 6.30. The third-order valence-corrected chi connectivity index (χ3v) is 2.80. The molecule has 1 aromatic carbocycles. The Bertz CT molecular complexity index is 520. The van der Waals surface area contributed by atoms with Gasteiger partial charge in [0.1, 0.15) is 12.0 Å². The fraction of sp³-hybridized carbons (Fsp3) is 0.182. The van der Waals surface area contributed by atoms with Crippen LogP contribution in [-0.2, 0) is 4.79 Å². The van der Waals surface area contributed by atoms with Crippen molar-refractivity contribution >= 4 is 23.2 Å². The topological polar surface area (TPSA) is 70.4 Å². The maximum absolute atomic E-state index is 13.3. The monoisotopic (exact) mass is 270 g/mol. The van der Waals surface area contributed by atoms with Crippen LogP contribution in [0, 0.1) is 5.82 Å². The van der Waals surface area contributed by atoms with Crippen LogP contribution in [0.3, 0.4) is 0 Å². The average Bonchev–Trinajstić information content (AvgIpc) is 2.65. The molecule has 1 heterocycles. The van der Waals surface area contributed by atoms with Gasteiger partial charge in [0.15, 0.2) is 0 Å². The van der Waals surface area contributed by atoms with Crippen LogP contribution in [0.1, 0.15) is 0 Å². The second-order valence-corrected chi connectivity index (χ2v) is 4.30. The van der Waals surface area contributed by atoms with Gasteiger partial charge in [0.25, 0.3) is 0 Å². The first kappa shape index (κ1) is 12.7. The Balaban J connectivity index is 2.16. The molecule has 0 bridgehead atoms. The smallest absolute Gasteiger partial charge is 0.249 e. The fourth-order valence-electron chi connectivity index (χ4n) is 1.66. The van der Waals surface area contributed by atoms with E-state index in [1.807, 2.05) is 0 Å². The quantitative estimate of drug-likeness (QED) is 0.767. The Morgan fingerprint density at radius 1 is 1.61 bits per heavy atom. The van der Waals surface area contributed by atoms with Crippen LogP contribution in [0.15, 0.2) is 30.0 Å². The number of rotatable bonds is 3. The summed E-state index contributed by atoms with van der Waals surface area (Å²) in [5.41, 5.74) is 9.06. The van der Waals surface area contributed by atoms with E-state index >= 15 is 0 Å². The van der Waals surface area contributed by atoms with E-state index in [-0.39, 0.29) is 5.02 Å². The van der Waals surface area contributed by atoms with Gasteiger partial charge in [-0.25, -0.2) is 9.82 Å². The fourth-order valence-corrected chi connectivity index (χ4v) is 1.78. The molecule has 18 heavy (non-hydrogen) atoms. The van der Waals surface area contributed by atoms with E-state index in [2.05, 4.69) is 10.7 Å². The standard InChI is InChI=1S/C11H12ClFN4O/c1-17-5-7(10(14)18)11(16-17)15-6-2-3-8(12)9(13)4-6/h2-5,11,15-16H,1H3,(H2,14,18). The number of nitrogens with one attached hydrogen (secondary N) is 2. The van der Waals surface area contributed by atoms with Gasteiger partial charge in [-0.15, -0.1) is 0 Å². The molecular formula is C11H12ClFN4O. The maximum atomic E-state index is 13.3. The summed E-state index contributed by atoms with van der Waals surface area (Å²) in [5.74, 6) is -1.07. The van der Waals surface area contributed by atoms with Gasteiger partial charge >= 0.3 is 0 Å². The number of hydrogen-bond acceptors (Lipinski definition) is 4. The number of carbonyl (C=O) groups is 1. The first-order chi connectivity index (χ1) is 8.47. The Labute approximate surface area is 108 Å². The maximum Gasteiger partial charge on any atom is 0.249 e. The lowest BCUT2D eigenvalue weighted by atomic mass is 10.2. The SMILES string of the molecule is CN1C=C(C(N)=O)C(Nc2ccc(Cl)c(F)c2)N1. The van der Waals surface area contributed by atoms with Crippen molar-refractivity contribution in [3.8, 4) is 0 Å². The summed E-state index contributed by atoms with van der Waals surface area (Å²) in [6, 6.07) is 4.30. The molecule has 0 saturated carbocycles. The Morgan fingerprint density at radius 3 is 2.94 bits per heavy atom. The number of primary amides is 1. The van der Waals surface area contributed by atoms with Crippen molar-refractivity contribution in [2.75, 3.05) is 12.4 Å². The Morgan fingerprint density at radius 2 is 2.33 bits per heavy atom. The number of hydrogen-bond donors (Lipinski definition) is 3. The summed E-state index contributed by atoms with van der Waals surface area (Å²) < 4.78 is 13.3. The van der Waals surface area contributed by atoms with Crippen LogP contribution in [0.2, 0.25) is 5.02 Å². The van der Waals surface area contributed by atoms with Crippen LogP contribution >= 0.6 is 11.6 Å². The van der Waals surface area contributed by atoms with Crippen molar-refractivity contribution in [2.24, 2.45) is 5.73 Å². The zero-order chi connectivity index (χ0) is 13.3. The molecule has 96 valence electrons. The molecule has 5 nitrogen and oxygen atoms in total. The molecule has 1 unspecified atom stereocenters. The first-order valence-electron chi connectivity index (χ1n) is 5.19. The zero-order valence-corrected chi connectivity index (χ0v) is 10.3. The first-order valence-corrected chi connectivity index (χ1v) is 5.57. The van der Waals surface area contributed by atoms with Gasteiger partial charge in [0, 0.05) is 18.9 Å². The third kappa shape index (κ3) is 2.55. The summed E-state index contributed by atoms with van der Waals surface area (Å²) >= 11 is 5.59. The number of nitrogens with zero attached hydrogens (tertiary/aromatic N) is 1. The van der Waals surface area contributed by atoms with Gasteiger partial charge in [0.2, 0.25) is 5.91 Å². The van der Waals surface area contributed by atoms with Crippen LogP contribution < -0.4 is 16.5 Å². The van der Waals surface area contributed by atoms with Crippen LogP contribution in [0.5, 0.6) is 0 Å². The van der Waals surface area contributed by atoms with Crippen LogP contribution in [0.25, 0.3) is 0 Å².